The SMILES string of the molecule is COc1ccc(CNC(C#N)c2cccc(OC)c2)cc1. The summed E-state index contributed by atoms with van der Waals surface area (Å²) in [5, 5.41) is 12.6. The zero-order valence-corrected chi connectivity index (χ0v) is 12.2. The second-order valence-electron chi connectivity index (χ2n) is 4.57. The van der Waals surface area contributed by atoms with Crippen LogP contribution in [0, 0.1) is 11.3 Å². The third kappa shape index (κ3) is 3.98. The number of hydrogen-bond donors (Lipinski definition) is 1. The van der Waals surface area contributed by atoms with E-state index in [1.807, 2.05) is 48.5 Å². The van der Waals surface area contributed by atoms with Crippen LogP contribution in [-0.2, 0) is 6.54 Å². The van der Waals surface area contributed by atoms with Crippen LogP contribution in [0.3, 0.4) is 0 Å². The molecule has 108 valence electrons. The van der Waals surface area contributed by atoms with E-state index < -0.39 is 0 Å². The van der Waals surface area contributed by atoms with Gasteiger partial charge in [-0.05, 0) is 35.4 Å². The van der Waals surface area contributed by atoms with Gasteiger partial charge in [-0.25, -0.2) is 0 Å². The molecule has 0 aliphatic heterocycles. The molecule has 0 saturated heterocycles. The molecule has 0 radical (unpaired) electrons. The Balaban J connectivity index is 2.03. The Labute approximate surface area is 124 Å². The van der Waals surface area contributed by atoms with Gasteiger partial charge in [0, 0.05) is 6.54 Å². The summed E-state index contributed by atoms with van der Waals surface area (Å²) in [6.07, 6.45) is 0. The smallest absolute Gasteiger partial charge is 0.121 e. The molecule has 2 aromatic carbocycles. The third-order valence-electron chi connectivity index (χ3n) is 3.23. The normalized spacial score (nSPS) is 11.5. The minimum atomic E-state index is -0.373. The van der Waals surface area contributed by atoms with Crippen molar-refractivity contribution in [1.82, 2.24) is 5.32 Å². The van der Waals surface area contributed by atoms with Crippen molar-refractivity contribution in [3.8, 4) is 17.6 Å². The third-order valence-corrected chi connectivity index (χ3v) is 3.23. The Hall–Kier alpha value is -2.51. The van der Waals surface area contributed by atoms with Crippen LogP contribution >= 0.6 is 0 Å². The van der Waals surface area contributed by atoms with E-state index in [1.165, 1.54) is 0 Å². The highest BCUT2D eigenvalue weighted by Crippen LogP contribution is 2.19. The first-order valence-corrected chi connectivity index (χ1v) is 6.66. The van der Waals surface area contributed by atoms with Crippen molar-refractivity contribution < 1.29 is 9.47 Å². The van der Waals surface area contributed by atoms with Crippen LogP contribution in [-0.4, -0.2) is 14.2 Å². The number of nitrogens with one attached hydrogen (secondary N) is 1. The van der Waals surface area contributed by atoms with Gasteiger partial charge in [0.25, 0.3) is 0 Å². The van der Waals surface area contributed by atoms with Crippen molar-refractivity contribution in [1.29, 1.82) is 5.26 Å². The van der Waals surface area contributed by atoms with E-state index in [9.17, 15) is 5.26 Å². The lowest BCUT2D eigenvalue weighted by Crippen LogP contribution is -2.19. The van der Waals surface area contributed by atoms with Gasteiger partial charge >= 0.3 is 0 Å². The zero-order chi connectivity index (χ0) is 15.1. The van der Waals surface area contributed by atoms with Crippen LogP contribution in [0.15, 0.2) is 48.5 Å². The summed E-state index contributed by atoms with van der Waals surface area (Å²) in [6, 6.07) is 17.2. The standard InChI is InChI=1S/C17H18N2O2/c1-20-15-8-6-13(7-9-15)12-19-17(11-18)14-4-3-5-16(10-14)21-2/h3-10,17,19H,12H2,1-2H3. The second kappa shape index (κ2) is 7.32. The van der Waals surface area contributed by atoms with Crippen LogP contribution < -0.4 is 14.8 Å². The summed E-state index contributed by atoms with van der Waals surface area (Å²) < 4.78 is 10.3. The van der Waals surface area contributed by atoms with Gasteiger partial charge in [-0.1, -0.05) is 24.3 Å². The molecular weight excluding hydrogens is 264 g/mol. The summed E-state index contributed by atoms with van der Waals surface area (Å²) in [4.78, 5) is 0. The van der Waals surface area contributed by atoms with Crippen molar-refractivity contribution in [3.05, 3.63) is 59.7 Å². The molecule has 1 atom stereocenters. The molecule has 0 fully saturated rings. The maximum atomic E-state index is 9.33. The highest BCUT2D eigenvalue weighted by atomic mass is 16.5. The molecule has 0 bridgehead atoms. The Morgan fingerprint density at radius 2 is 1.76 bits per heavy atom. The van der Waals surface area contributed by atoms with E-state index in [2.05, 4.69) is 11.4 Å². The molecule has 0 aliphatic rings. The first-order chi connectivity index (χ1) is 10.3. The largest absolute Gasteiger partial charge is 0.497 e. The average Bonchev–Trinajstić information content (AvgIpc) is 2.56. The zero-order valence-electron chi connectivity index (χ0n) is 12.2. The topological polar surface area (TPSA) is 54.3 Å². The van der Waals surface area contributed by atoms with Gasteiger partial charge in [0.1, 0.15) is 17.5 Å². The summed E-state index contributed by atoms with van der Waals surface area (Å²) in [5.74, 6) is 1.57. The predicted molar refractivity (Wildman–Crippen MR) is 81.2 cm³/mol. The number of benzene rings is 2. The molecule has 2 aromatic rings. The fourth-order valence-corrected chi connectivity index (χ4v) is 2.02. The van der Waals surface area contributed by atoms with Gasteiger partial charge in [-0.3, -0.25) is 5.32 Å². The maximum absolute atomic E-state index is 9.33. The summed E-state index contributed by atoms with van der Waals surface area (Å²) in [6.45, 7) is 0.611. The first-order valence-electron chi connectivity index (χ1n) is 6.66. The number of nitrogens with zero attached hydrogens (tertiary/aromatic N) is 1. The molecule has 1 N–H and O–H groups in total. The monoisotopic (exact) mass is 282 g/mol. The van der Waals surface area contributed by atoms with E-state index in [4.69, 9.17) is 9.47 Å². The van der Waals surface area contributed by atoms with Crippen molar-refractivity contribution in [2.75, 3.05) is 14.2 Å². The van der Waals surface area contributed by atoms with Crippen molar-refractivity contribution in [2.24, 2.45) is 0 Å². The van der Waals surface area contributed by atoms with Crippen LogP contribution in [0.25, 0.3) is 0 Å². The Morgan fingerprint density at radius 3 is 2.38 bits per heavy atom. The van der Waals surface area contributed by atoms with Gasteiger partial charge in [-0.2, -0.15) is 5.26 Å². The first kappa shape index (κ1) is 14.9. The van der Waals surface area contributed by atoms with Crippen LogP contribution in [0.4, 0.5) is 0 Å². The highest BCUT2D eigenvalue weighted by molar-refractivity contribution is 5.33. The molecule has 0 spiro atoms. The maximum Gasteiger partial charge on any atom is 0.121 e. The van der Waals surface area contributed by atoms with Crippen molar-refractivity contribution in [2.45, 2.75) is 12.6 Å². The molecular formula is C17H18N2O2. The van der Waals surface area contributed by atoms with E-state index >= 15 is 0 Å². The van der Waals surface area contributed by atoms with Gasteiger partial charge in [0.2, 0.25) is 0 Å². The quantitative estimate of drug-likeness (QED) is 0.884. The summed E-state index contributed by atoms with van der Waals surface area (Å²) in [5.41, 5.74) is 1.99. The van der Waals surface area contributed by atoms with Crippen LogP contribution in [0.5, 0.6) is 11.5 Å². The van der Waals surface area contributed by atoms with E-state index in [0.29, 0.717) is 6.54 Å². The van der Waals surface area contributed by atoms with E-state index in [1.54, 1.807) is 14.2 Å². The molecule has 0 heterocycles. The fraction of sp³-hybridized carbons (Fsp3) is 0.235. The minimum absolute atomic E-state index is 0.373. The number of methoxy groups -OCH3 is 2. The molecule has 0 aromatic heterocycles. The number of hydrogen-bond acceptors (Lipinski definition) is 4. The highest BCUT2D eigenvalue weighted by Gasteiger charge is 2.10. The molecule has 0 amide bonds. The second-order valence-corrected chi connectivity index (χ2v) is 4.57. The van der Waals surface area contributed by atoms with Crippen molar-refractivity contribution in [3.63, 3.8) is 0 Å². The van der Waals surface area contributed by atoms with Gasteiger partial charge in [-0.15, -0.1) is 0 Å². The Kier molecular flexibility index (Phi) is 5.19. The molecule has 1 unspecified atom stereocenters. The Morgan fingerprint density at radius 1 is 1.05 bits per heavy atom. The molecule has 4 nitrogen and oxygen atoms in total. The molecule has 0 saturated carbocycles. The van der Waals surface area contributed by atoms with Gasteiger partial charge in [0.15, 0.2) is 0 Å². The van der Waals surface area contributed by atoms with Gasteiger partial charge < -0.3 is 9.47 Å². The summed E-state index contributed by atoms with van der Waals surface area (Å²) in [7, 11) is 3.26. The lowest BCUT2D eigenvalue weighted by atomic mass is 10.1. The fourth-order valence-electron chi connectivity index (χ4n) is 2.02. The predicted octanol–water partition coefficient (Wildman–Crippen LogP) is 3.06. The van der Waals surface area contributed by atoms with Gasteiger partial charge in [0.05, 0.1) is 20.3 Å². The van der Waals surface area contributed by atoms with E-state index in [-0.39, 0.29) is 6.04 Å². The molecule has 21 heavy (non-hydrogen) atoms. The molecule has 0 aliphatic carbocycles. The number of rotatable bonds is 6. The average molecular weight is 282 g/mol. The van der Waals surface area contributed by atoms with Crippen molar-refractivity contribution >= 4 is 0 Å². The van der Waals surface area contributed by atoms with Crippen LogP contribution in [0.1, 0.15) is 17.2 Å². The lowest BCUT2D eigenvalue weighted by Gasteiger charge is -2.13. The minimum Gasteiger partial charge on any atom is -0.497 e. The molecule has 4 heteroatoms. The Bertz CT molecular complexity index is 617. The lowest BCUT2D eigenvalue weighted by molar-refractivity contribution is 0.413. The number of nitriles is 1. The van der Waals surface area contributed by atoms with Crippen LogP contribution in [0.2, 0.25) is 0 Å². The summed E-state index contributed by atoms with van der Waals surface area (Å²) >= 11 is 0. The molecule has 2 rings (SSSR count). The van der Waals surface area contributed by atoms with E-state index in [0.717, 1.165) is 22.6 Å². The number of ether oxygens (including phenoxy) is 2.